The molecule has 2 aliphatic carbocycles. The van der Waals surface area contributed by atoms with E-state index in [4.69, 9.17) is 0 Å². The minimum atomic E-state index is -3.43. The van der Waals surface area contributed by atoms with Gasteiger partial charge >= 0.3 is 0 Å². The first-order chi connectivity index (χ1) is 16.9. The van der Waals surface area contributed by atoms with Crippen molar-refractivity contribution >= 4 is 21.1 Å². The van der Waals surface area contributed by atoms with Crippen LogP contribution in [0.4, 0.5) is 0 Å². The minimum absolute atomic E-state index is 0.113. The van der Waals surface area contributed by atoms with E-state index in [1.807, 2.05) is 12.1 Å². The molecular formula is C24H27N7O3S. The molecule has 1 unspecified atom stereocenters. The smallest absolute Gasteiger partial charge is 0.256 e. The third kappa shape index (κ3) is 4.34. The molecule has 4 aromatic heterocycles. The topological polar surface area (TPSA) is 129 Å². The summed E-state index contributed by atoms with van der Waals surface area (Å²) in [5.74, 6) is 1.85. The van der Waals surface area contributed by atoms with Crippen molar-refractivity contribution in [3.8, 4) is 11.4 Å². The molecular weight excluding hydrogens is 466 g/mol. The molecule has 0 radical (unpaired) electrons. The maximum atomic E-state index is 12.4. The van der Waals surface area contributed by atoms with E-state index in [1.165, 1.54) is 25.2 Å². The molecule has 0 aliphatic heterocycles. The number of imidazole rings is 1. The van der Waals surface area contributed by atoms with Gasteiger partial charge in [0.05, 0.1) is 40.6 Å². The van der Waals surface area contributed by atoms with Crippen molar-refractivity contribution in [2.45, 2.75) is 63.3 Å². The van der Waals surface area contributed by atoms with Gasteiger partial charge < -0.3 is 9.67 Å². The van der Waals surface area contributed by atoms with Crippen LogP contribution in [0.25, 0.3) is 22.4 Å². The zero-order valence-electron chi connectivity index (χ0n) is 19.4. The number of rotatable bonds is 9. The van der Waals surface area contributed by atoms with Gasteiger partial charge in [-0.15, -0.1) is 0 Å². The summed E-state index contributed by atoms with van der Waals surface area (Å²) in [6, 6.07) is 4.10. The Hall–Kier alpha value is -3.18. The van der Waals surface area contributed by atoms with Crippen LogP contribution in [0.15, 0.2) is 36.9 Å². The van der Waals surface area contributed by atoms with Crippen LogP contribution in [-0.2, 0) is 23.1 Å². The van der Waals surface area contributed by atoms with Crippen LogP contribution in [0.2, 0.25) is 0 Å². The molecule has 0 spiro atoms. The van der Waals surface area contributed by atoms with Crippen LogP contribution in [0.1, 0.15) is 62.3 Å². The van der Waals surface area contributed by atoms with Gasteiger partial charge in [0, 0.05) is 24.4 Å². The number of hydrogen-bond acceptors (Lipinski definition) is 8. The predicted molar refractivity (Wildman–Crippen MR) is 129 cm³/mol. The number of pyridine rings is 1. The van der Waals surface area contributed by atoms with Crippen molar-refractivity contribution in [1.82, 2.24) is 33.7 Å². The summed E-state index contributed by atoms with van der Waals surface area (Å²) in [5, 5.41) is 13.6. The molecule has 1 atom stereocenters. The van der Waals surface area contributed by atoms with Crippen molar-refractivity contribution in [1.29, 1.82) is 0 Å². The number of nitrogens with zero attached hydrogens (tertiary/aromatic N) is 7. The highest BCUT2D eigenvalue weighted by molar-refractivity contribution is 7.90. The summed E-state index contributed by atoms with van der Waals surface area (Å²) in [6.07, 6.45) is 11.9. The quantitative estimate of drug-likeness (QED) is 0.377. The molecule has 1 N–H and O–H groups in total. The fourth-order valence-electron chi connectivity index (χ4n) is 4.63. The van der Waals surface area contributed by atoms with Crippen LogP contribution in [0, 0.1) is 5.92 Å². The van der Waals surface area contributed by atoms with Crippen molar-refractivity contribution < 1.29 is 13.5 Å². The fraction of sp³-hybridized carbons (Fsp3) is 0.458. The van der Waals surface area contributed by atoms with E-state index in [9.17, 15) is 13.5 Å². The lowest BCUT2D eigenvalue weighted by molar-refractivity contribution is 0.261. The van der Waals surface area contributed by atoms with Crippen molar-refractivity contribution in [3.05, 3.63) is 54.1 Å². The van der Waals surface area contributed by atoms with Gasteiger partial charge in [0.2, 0.25) is 0 Å². The molecule has 4 heterocycles. The number of hydrogen-bond donors (Lipinski definition) is 1. The maximum absolute atomic E-state index is 12.4. The van der Waals surface area contributed by atoms with Gasteiger partial charge in [0.25, 0.3) is 10.0 Å². The lowest BCUT2D eigenvalue weighted by Crippen LogP contribution is -2.17. The second-order valence-electron chi connectivity index (χ2n) is 9.64. The summed E-state index contributed by atoms with van der Waals surface area (Å²) in [7, 11) is -3.43. The Morgan fingerprint density at radius 1 is 1.11 bits per heavy atom. The SMILES string of the molecule is CC(CC1CC1)n1c(CO)nc2cnc(Cc3ccnc(-c4cnn(S(=O)(=O)C5CC5)c4)n3)cc21. The first kappa shape index (κ1) is 22.3. The van der Waals surface area contributed by atoms with E-state index in [2.05, 4.69) is 36.5 Å². The number of aromatic nitrogens is 7. The molecule has 0 saturated heterocycles. The maximum Gasteiger partial charge on any atom is 0.256 e. The summed E-state index contributed by atoms with van der Waals surface area (Å²) in [5.41, 5.74) is 3.89. The normalized spacial score (nSPS) is 17.2. The van der Waals surface area contributed by atoms with Gasteiger partial charge in [-0.2, -0.15) is 9.19 Å². The Morgan fingerprint density at radius 3 is 2.69 bits per heavy atom. The van der Waals surface area contributed by atoms with Gasteiger partial charge in [-0.05, 0) is 44.2 Å². The molecule has 2 saturated carbocycles. The van der Waals surface area contributed by atoms with Crippen LogP contribution < -0.4 is 0 Å². The summed E-state index contributed by atoms with van der Waals surface area (Å²) in [6.45, 7) is 2.07. The van der Waals surface area contributed by atoms with E-state index in [-0.39, 0.29) is 17.9 Å². The van der Waals surface area contributed by atoms with Gasteiger partial charge in [-0.25, -0.2) is 23.4 Å². The van der Waals surface area contributed by atoms with Gasteiger partial charge in [0.15, 0.2) is 5.82 Å². The molecule has 182 valence electrons. The molecule has 6 rings (SSSR count). The van der Waals surface area contributed by atoms with Gasteiger partial charge in [-0.1, -0.05) is 12.8 Å². The van der Waals surface area contributed by atoms with Crippen molar-refractivity contribution in [2.24, 2.45) is 5.92 Å². The standard InChI is InChI=1S/C24H27N7O3S/c1-15(8-16-2-3-16)31-22-10-19(26-12-21(22)29-23(31)14-32)9-18-6-7-25-24(28-18)17-11-27-30(13-17)35(33,34)20-4-5-20/h6-7,10-13,15-16,20,32H,2-5,8-9,14H2,1H3. The average molecular weight is 494 g/mol. The average Bonchev–Trinajstić information content (AvgIpc) is 3.77. The van der Waals surface area contributed by atoms with Gasteiger partial charge in [-0.3, -0.25) is 4.98 Å². The highest BCUT2D eigenvalue weighted by atomic mass is 32.2. The number of fused-ring (bicyclic) bond motifs is 1. The molecule has 11 heteroatoms. The largest absolute Gasteiger partial charge is 0.388 e. The molecule has 0 aromatic carbocycles. The Balaban J connectivity index is 1.28. The Bertz CT molecular complexity index is 1500. The van der Waals surface area contributed by atoms with Crippen LogP contribution in [-0.4, -0.2) is 52.5 Å². The molecule has 4 aromatic rings. The molecule has 2 aliphatic rings. The Morgan fingerprint density at radius 2 is 1.94 bits per heavy atom. The highest BCUT2D eigenvalue weighted by Gasteiger charge is 2.37. The van der Waals surface area contributed by atoms with E-state index in [0.717, 1.165) is 38.8 Å². The number of aliphatic hydroxyl groups is 1. The van der Waals surface area contributed by atoms with E-state index in [0.29, 0.717) is 36.5 Å². The highest BCUT2D eigenvalue weighted by Crippen LogP contribution is 2.38. The van der Waals surface area contributed by atoms with Crippen LogP contribution >= 0.6 is 0 Å². The second kappa shape index (κ2) is 8.49. The monoisotopic (exact) mass is 493 g/mol. The first-order valence-corrected chi connectivity index (χ1v) is 13.5. The lowest BCUT2D eigenvalue weighted by atomic mass is 10.1. The predicted octanol–water partition coefficient (Wildman–Crippen LogP) is 2.87. The van der Waals surface area contributed by atoms with E-state index >= 15 is 0 Å². The zero-order chi connectivity index (χ0) is 24.2. The minimum Gasteiger partial charge on any atom is -0.388 e. The second-order valence-corrected chi connectivity index (χ2v) is 11.7. The molecule has 35 heavy (non-hydrogen) atoms. The molecule has 0 amide bonds. The first-order valence-electron chi connectivity index (χ1n) is 12.0. The summed E-state index contributed by atoms with van der Waals surface area (Å²) >= 11 is 0. The van der Waals surface area contributed by atoms with E-state index < -0.39 is 10.0 Å². The molecule has 0 bridgehead atoms. The molecule has 2 fully saturated rings. The third-order valence-corrected chi connectivity index (χ3v) is 8.79. The molecule has 10 nitrogen and oxygen atoms in total. The van der Waals surface area contributed by atoms with E-state index in [1.54, 1.807) is 12.4 Å². The Kier molecular flexibility index (Phi) is 5.41. The fourth-order valence-corrected chi connectivity index (χ4v) is 6.11. The number of aliphatic hydroxyl groups excluding tert-OH is 1. The van der Waals surface area contributed by atoms with Crippen molar-refractivity contribution in [3.63, 3.8) is 0 Å². The third-order valence-electron chi connectivity index (χ3n) is 6.76. The van der Waals surface area contributed by atoms with Crippen LogP contribution in [0.5, 0.6) is 0 Å². The summed E-state index contributed by atoms with van der Waals surface area (Å²) in [4.78, 5) is 18.1. The van der Waals surface area contributed by atoms with Crippen LogP contribution in [0.3, 0.4) is 0 Å². The Labute approximate surface area is 203 Å². The zero-order valence-corrected chi connectivity index (χ0v) is 20.3. The lowest BCUT2D eigenvalue weighted by Gasteiger charge is -2.17. The van der Waals surface area contributed by atoms with Crippen molar-refractivity contribution in [2.75, 3.05) is 0 Å². The summed E-state index contributed by atoms with van der Waals surface area (Å²) < 4.78 is 28.1. The van der Waals surface area contributed by atoms with Gasteiger partial charge in [0.1, 0.15) is 17.9 Å².